The van der Waals surface area contributed by atoms with Gasteiger partial charge in [0.25, 0.3) is 0 Å². The standard InChI is InChI=1S/C14H13BrCl3NS/c1-2-5-19-13(12-7-11(18)14(15)20-12)9-4-3-8(16)6-10(9)17/h3-4,6-7,13,19H,2,5H2,1H3. The molecule has 20 heavy (non-hydrogen) atoms. The van der Waals surface area contributed by atoms with Crippen LogP contribution >= 0.6 is 62.1 Å². The Labute approximate surface area is 146 Å². The summed E-state index contributed by atoms with van der Waals surface area (Å²) in [7, 11) is 0. The van der Waals surface area contributed by atoms with Crippen molar-refractivity contribution in [3.05, 3.63) is 53.6 Å². The second-order valence-electron chi connectivity index (χ2n) is 4.32. The summed E-state index contributed by atoms with van der Waals surface area (Å²) in [4.78, 5) is 1.12. The van der Waals surface area contributed by atoms with Gasteiger partial charge in [-0.2, -0.15) is 0 Å². The number of thiophene rings is 1. The fourth-order valence-electron chi connectivity index (χ4n) is 1.89. The van der Waals surface area contributed by atoms with E-state index in [1.54, 1.807) is 17.4 Å². The number of rotatable bonds is 5. The molecule has 1 unspecified atom stereocenters. The van der Waals surface area contributed by atoms with Crippen molar-refractivity contribution >= 4 is 62.1 Å². The smallest absolute Gasteiger partial charge is 0.0888 e. The molecule has 0 spiro atoms. The van der Waals surface area contributed by atoms with Gasteiger partial charge in [-0.25, -0.2) is 0 Å². The first-order valence-corrected chi connectivity index (χ1v) is 8.90. The Morgan fingerprint density at radius 1 is 1.20 bits per heavy atom. The van der Waals surface area contributed by atoms with Gasteiger partial charge in [0, 0.05) is 14.9 Å². The van der Waals surface area contributed by atoms with Crippen LogP contribution in [0.2, 0.25) is 15.1 Å². The van der Waals surface area contributed by atoms with E-state index in [2.05, 4.69) is 28.2 Å². The molecule has 108 valence electrons. The van der Waals surface area contributed by atoms with Crippen LogP contribution in [-0.4, -0.2) is 6.54 Å². The minimum atomic E-state index is 0.0218. The van der Waals surface area contributed by atoms with Gasteiger partial charge < -0.3 is 5.32 Å². The van der Waals surface area contributed by atoms with E-state index in [0.29, 0.717) is 10.0 Å². The summed E-state index contributed by atoms with van der Waals surface area (Å²) >= 11 is 23.5. The minimum absolute atomic E-state index is 0.0218. The first-order valence-electron chi connectivity index (χ1n) is 6.16. The van der Waals surface area contributed by atoms with Crippen LogP contribution in [0.15, 0.2) is 28.1 Å². The van der Waals surface area contributed by atoms with Crippen molar-refractivity contribution in [3.8, 4) is 0 Å². The molecule has 0 fully saturated rings. The average molecular weight is 414 g/mol. The number of halogens is 4. The number of hydrogen-bond acceptors (Lipinski definition) is 2. The molecule has 2 aromatic rings. The molecule has 1 nitrogen and oxygen atoms in total. The Hall–Kier alpha value is 0.230. The normalized spacial score (nSPS) is 12.7. The van der Waals surface area contributed by atoms with Crippen molar-refractivity contribution in [2.75, 3.05) is 6.54 Å². The summed E-state index contributed by atoms with van der Waals surface area (Å²) in [5.74, 6) is 0. The molecule has 0 bridgehead atoms. The van der Waals surface area contributed by atoms with Gasteiger partial charge >= 0.3 is 0 Å². The van der Waals surface area contributed by atoms with E-state index in [9.17, 15) is 0 Å². The topological polar surface area (TPSA) is 12.0 Å². The minimum Gasteiger partial charge on any atom is -0.306 e. The predicted molar refractivity (Wildman–Crippen MR) is 93.6 cm³/mol. The van der Waals surface area contributed by atoms with Gasteiger partial charge in [0.1, 0.15) is 0 Å². The van der Waals surface area contributed by atoms with E-state index >= 15 is 0 Å². The molecule has 0 aliphatic rings. The monoisotopic (exact) mass is 411 g/mol. The molecule has 1 N–H and O–H groups in total. The van der Waals surface area contributed by atoms with Gasteiger partial charge in [-0.1, -0.05) is 47.8 Å². The third-order valence-corrected chi connectivity index (χ3v) is 5.92. The molecule has 1 heterocycles. The molecular weight excluding hydrogens is 400 g/mol. The van der Waals surface area contributed by atoms with Gasteiger partial charge in [0.2, 0.25) is 0 Å². The summed E-state index contributed by atoms with van der Waals surface area (Å²) in [5, 5.41) is 5.52. The Morgan fingerprint density at radius 3 is 2.50 bits per heavy atom. The van der Waals surface area contributed by atoms with Crippen LogP contribution in [0.5, 0.6) is 0 Å². The van der Waals surface area contributed by atoms with Gasteiger partial charge in [0.05, 0.1) is 14.9 Å². The quantitative estimate of drug-likeness (QED) is 0.585. The summed E-state index contributed by atoms with van der Waals surface area (Å²) in [5.41, 5.74) is 1.01. The fourth-order valence-corrected chi connectivity index (χ4v) is 4.25. The highest BCUT2D eigenvalue weighted by Gasteiger charge is 2.20. The molecule has 1 aromatic heterocycles. The molecule has 6 heteroatoms. The highest BCUT2D eigenvalue weighted by Crippen LogP contribution is 2.39. The summed E-state index contributed by atoms with van der Waals surface area (Å²) in [6.07, 6.45) is 1.04. The molecule has 0 radical (unpaired) electrons. The molecule has 0 saturated heterocycles. The van der Waals surface area contributed by atoms with Crippen LogP contribution < -0.4 is 5.32 Å². The fraction of sp³-hybridized carbons (Fsp3) is 0.286. The van der Waals surface area contributed by atoms with E-state index in [1.165, 1.54) is 0 Å². The van der Waals surface area contributed by atoms with E-state index in [0.717, 1.165) is 32.2 Å². The van der Waals surface area contributed by atoms with Crippen molar-refractivity contribution < 1.29 is 0 Å². The molecule has 0 aliphatic heterocycles. The summed E-state index contributed by atoms with van der Waals surface area (Å²) in [6.45, 7) is 3.03. The number of benzene rings is 1. The summed E-state index contributed by atoms with van der Waals surface area (Å²) in [6, 6.07) is 7.57. The maximum Gasteiger partial charge on any atom is 0.0888 e. The number of nitrogens with one attached hydrogen (secondary N) is 1. The maximum atomic E-state index is 6.34. The second kappa shape index (κ2) is 7.48. The Balaban J connectivity index is 2.41. The molecule has 1 aromatic carbocycles. The lowest BCUT2D eigenvalue weighted by atomic mass is 10.1. The lowest BCUT2D eigenvalue weighted by molar-refractivity contribution is 0.606. The highest BCUT2D eigenvalue weighted by atomic mass is 79.9. The lowest BCUT2D eigenvalue weighted by Gasteiger charge is -2.19. The van der Waals surface area contributed by atoms with Crippen molar-refractivity contribution in [2.45, 2.75) is 19.4 Å². The Bertz CT molecular complexity index is 581. The zero-order valence-corrected chi connectivity index (χ0v) is 15.4. The van der Waals surface area contributed by atoms with Gasteiger partial charge in [-0.05, 0) is 52.7 Å². The Kier molecular flexibility index (Phi) is 6.21. The van der Waals surface area contributed by atoms with E-state index < -0.39 is 0 Å². The highest BCUT2D eigenvalue weighted by molar-refractivity contribution is 9.11. The van der Waals surface area contributed by atoms with Gasteiger partial charge in [-0.3, -0.25) is 0 Å². The molecule has 2 rings (SSSR count). The van der Waals surface area contributed by atoms with Gasteiger partial charge in [0.15, 0.2) is 0 Å². The SMILES string of the molecule is CCCNC(c1cc(Cl)c(Br)s1)c1ccc(Cl)cc1Cl. The van der Waals surface area contributed by atoms with Crippen molar-refractivity contribution in [1.82, 2.24) is 5.32 Å². The van der Waals surface area contributed by atoms with Crippen LogP contribution in [0.4, 0.5) is 0 Å². The zero-order valence-electron chi connectivity index (χ0n) is 10.7. The average Bonchev–Trinajstić information content (AvgIpc) is 2.72. The first kappa shape index (κ1) is 16.6. The van der Waals surface area contributed by atoms with Crippen molar-refractivity contribution in [1.29, 1.82) is 0 Å². The lowest BCUT2D eigenvalue weighted by Crippen LogP contribution is -2.22. The van der Waals surface area contributed by atoms with Crippen LogP contribution in [0.3, 0.4) is 0 Å². The van der Waals surface area contributed by atoms with Crippen LogP contribution in [0, 0.1) is 0 Å². The van der Waals surface area contributed by atoms with Crippen molar-refractivity contribution in [2.24, 2.45) is 0 Å². The van der Waals surface area contributed by atoms with E-state index in [1.807, 2.05) is 18.2 Å². The van der Waals surface area contributed by atoms with Crippen LogP contribution in [0.1, 0.15) is 29.8 Å². The molecule has 0 amide bonds. The van der Waals surface area contributed by atoms with Gasteiger partial charge in [-0.15, -0.1) is 11.3 Å². The van der Waals surface area contributed by atoms with Crippen molar-refractivity contribution in [3.63, 3.8) is 0 Å². The largest absolute Gasteiger partial charge is 0.306 e. The predicted octanol–water partition coefficient (Wildman–Crippen LogP) is 6.56. The molecular formula is C14H13BrCl3NS. The van der Waals surface area contributed by atoms with E-state index in [4.69, 9.17) is 34.8 Å². The molecule has 1 atom stereocenters. The summed E-state index contributed by atoms with van der Waals surface area (Å²) < 4.78 is 0.933. The molecule has 0 saturated carbocycles. The first-order chi connectivity index (χ1) is 9.52. The van der Waals surface area contributed by atoms with Crippen LogP contribution in [0.25, 0.3) is 0 Å². The van der Waals surface area contributed by atoms with E-state index in [-0.39, 0.29) is 6.04 Å². The zero-order chi connectivity index (χ0) is 14.7. The maximum absolute atomic E-state index is 6.34. The third kappa shape index (κ3) is 3.90. The Morgan fingerprint density at radius 2 is 1.95 bits per heavy atom. The van der Waals surface area contributed by atoms with Crippen LogP contribution in [-0.2, 0) is 0 Å². The molecule has 0 aliphatic carbocycles. The second-order valence-corrected chi connectivity index (χ2v) is 7.98. The third-order valence-electron chi connectivity index (χ3n) is 2.82. The number of hydrogen-bond donors (Lipinski definition) is 1.